The van der Waals surface area contributed by atoms with Crippen LogP contribution < -0.4 is 10.6 Å². The zero-order valence-corrected chi connectivity index (χ0v) is 13.3. The minimum Gasteiger partial charge on any atom is -0.382 e. The molecule has 0 heterocycles. The van der Waals surface area contributed by atoms with Crippen molar-refractivity contribution in [1.29, 1.82) is 0 Å². The van der Waals surface area contributed by atoms with Crippen molar-refractivity contribution in [1.82, 2.24) is 0 Å². The van der Waals surface area contributed by atoms with Gasteiger partial charge in [-0.05, 0) is 56.5 Å². The number of hydrogen-bond donors (Lipinski definition) is 2. The van der Waals surface area contributed by atoms with E-state index in [1.54, 1.807) is 11.8 Å². The monoisotopic (exact) mass is 300 g/mol. The first kappa shape index (κ1) is 15.4. The predicted octanol–water partition coefficient (Wildman–Crippen LogP) is 4.48. The average molecular weight is 300 g/mol. The van der Waals surface area contributed by atoms with Crippen molar-refractivity contribution >= 4 is 29.0 Å². The molecule has 4 heteroatoms. The van der Waals surface area contributed by atoms with Crippen LogP contribution in [0, 0.1) is 0 Å². The van der Waals surface area contributed by atoms with Crippen LogP contribution in [0.5, 0.6) is 0 Å². The Balaban J connectivity index is 2.16. The van der Waals surface area contributed by atoms with Gasteiger partial charge in [-0.3, -0.25) is 4.79 Å². The molecule has 1 amide bonds. The van der Waals surface area contributed by atoms with Crippen LogP contribution in [0.1, 0.15) is 24.2 Å². The summed E-state index contributed by atoms with van der Waals surface area (Å²) in [5, 5.41) is 6.23. The molecule has 0 aliphatic heterocycles. The zero-order chi connectivity index (χ0) is 15.2. The van der Waals surface area contributed by atoms with E-state index in [-0.39, 0.29) is 11.9 Å². The number of carbonyl (C=O) groups excluding carboxylic acids is 1. The molecule has 0 aliphatic carbocycles. The van der Waals surface area contributed by atoms with Crippen LogP contribution in [0.4, 0.5) is 11.4 Å². The van der Waals surface area contributed by atoms with Crippen molar-refractivity contribution in [2.45, 2.75) is 24.8 Å². The van der Waals surface area contributed by atoms with Gasteiger partial charge in [-0.2, -0.15) is 0 Å². The van der Waals surface area contributed by atoms with Gasteiger partial charge >= 0.3 is 0 Å². The van der Waals surface area contributed by atoms with Gasteiger partial charge in [0.15, 0.2) is 0 Å². The van der Waals surface area contributed by atoms with Crippen LogP contribution in [-0.4, -0.2) is 18.2 Å². The smallest absolute Gasteiger partial charge is 0.257 e. The molecule has 0 bridgehead atoms. The molecule has 0 atom stereocenters. The molecule has 2 rings (SSSR count). The molecular formula is C17H20N2OS. The maximum Gasteiger partial charge on any atom is 0.257 e. The van der Waals surface area contributed by atoms with Gasteiger partial charge in [0.2, 0.25) is 0 Å². The molecule has 0 unspecified atom stereocenters. The topological polar surface area (TPSA) is 41.1 Å². The van der Waals surface area contributed by atoms with Crippen molar-refractivity contribution in [3.05, 3.63) is 54.1 Å². The van der Waals surface area contributed by atoms with E-state index < -0.39 is 0 Å². The largest absolute Gasteiger partial charge is 0.382 e. The number of carbonyl (C=O) groups is 1. The minimum absolute atomic E-state index is 0.101. The second kappa shape index (κ2) is 7.18. The Morgan fingerprint density at radius 1 is 1.05 bits per heavy atom. The van der Waals surface area contributed by atoms with Gasteiger partial charge in [0.1, 0.15) is 0 Å². The molecule has 0 saturated carbocycles. The van der Waals surface area contributed by atoms with E-state index in [0.29, 0.717) is 5.56 Å². The molecule has 0 fully saturated rings. The van der Waals surface area contributed by atoms with E-state index in [2.05, 4.69) is 24.5 Å². The molecule has 2 N–H and O–H groups in total. The minimum atomic E-state index is -0.101. The number of benzene rings is 2. The molecule has 2 aromatic rings. The van der Waals surface area contributed by atoms with Crippen molar-refractivity contribution in [3.63, 3.8) is 0 Å². The number of hydrogen-bond acceptors (Lipinski definition) is 3. The highest BCUT2D eigenvalue weighted by Crippen LogP contribution is 2.20. The molecule has 21 heavy (non-hydrogen) atoms. The van der Waals surface area contributed by atoms with Gasteiger partial charge in [-0.1, -0.05) is 12.1 Å². The van der Waals surface area contributed by atoms with Gasteiger partial charge in [0.05, 0.1) is 5.56 Å². The van der Waals surface area contributed by atoms with Crippen molar-refractivity contribution in [2.24, 2.45) is 0 Å². The highest BCUT2D eigenvalue weighted by molar-refractivity contribution is 7.98. The lowest BCUT2D eigenvalue weighted by Gasteiger charge is -2.14. The Bertz CT molecular complexity index is 608. The lowest BCUT2D eigenvalue weighted by atomic mass is 10.1. The highest BCUT2D eigenvalue weighted by atomic mass is 32.2. The molecule has 0 spiro atoms. The molecule has 3 nitrogen and oxygen atoms in total. The third-order valence-electron chi connectivity index (χ3n) is 2.96. The highest BCUT2D eigenvalue weighted by Gasteiger charge is 2.11. The summed E-state index contributed by atoms with van der Waals surface area (Å²) in [6, 6.07) is 15.7. The molecule has 0 radical (unpaired) electrons. The third-order valence-corrected chi connectivity index (χ3v) is 3.71. The summed E-state index contributed by atoms with van der Waals surface area (Å²) in [5.74, 6) is -0.101. The SMILES string of the molecule is CSc1ccc(NC(=O)c2ccccc2NC(C)C)cc1. The Morgan fingerprint density at radius 3 is 2.33 bits per heavy atom. The van der Waals surface area contributed by atoms with Gasteiger partial charge in [-0.25, -0.2) is 0 Å². The summed E-state index contributed by atoms with van der Waals surface area (Å²) in [6.07, 6.45) is 2.03. The van der Waals surface area contributed by atoms with E-state index in [4.69, 9.17) is 0 Å². The standard InChI is InChI=1S/C17H20N2OS/c1-12(2)18-16-7-5-4-6-15(16)17(20)19-13-8-10-14(21-3)11-9-13/h4-12,18H,1-3H3,(H,19,20). The van der Waals surface area contributed by atoms with Crippen molar-refractivity contribution < 1.29 is 4.79 Å². The molecule has 110 valence electrons. The normalized spacial score (nSPS) is 10.5. The predicted molar refractivity (Wildman–Crippen MR) is 91.4 cm³/mol. The number of rotatable bonds is 5. The van der Waals surface area contributed by atoms with Crippen LogP contribution in [0.15, 0.2) is 53.4 Å². The van der Waals surface area contributed by atoms with E-state index >= 15 is 0 Å². The Kier molecular flexibility index (Phi) is 5.28. The molecule has 0 saturated heterocycles. The Hall–Kier alpha value is -1.94. The zero-order valence-electron chi connectivity index (χ0n) is 12.5. The first-order valence-electron chi connectivity index (χ1n) is 6.91. The van der Waals surface area contributed by atoms with E-state index in [0.717, 1.165) is 11.4 Å². The summed E-state index contributed by atoms with van der Waals surface area (Å²) in [4.78, 5) is 13.6. The first-order valence-corrected chi connectivity index (χ1v) is 8.13. The number of thioether (sulfide) groups is 1. The van der Waals surface area contributed by atoms with Crippen LogP contribution in [0.3, 0.4) is 0 Å². The lowest BCUT2D eigenvalue weighted by Crippen LogP contribution is -2.17. The maximum absolute atomic E-state index is 12.4. The summed E-state index contributed by atoms with van der Waals surface area (Å²) in [6.45, 7) is 4.10. The van der Waals surface area contributed by atoms with Crippen molar-refractivity contribution in [3.8, 4) is 0 Å². The average Bonchev–Trinajstić information content (AvgIpc) is 2.48. The van der Waals surface area contributed by atoms with Crippen LogP contribution in [0.25, 0.3) is 0 Å². The fraction of sp³-hybridized carbons (Fsp3) is 0.235. The fourth-order valence-electron chi connectivity index (χ4n) is 1.99. The quantitative estimate of drug-likeness (QED) is 0.800. The number of anilines is 2. The lowest BCUT2D eigenvalue weighted by molar-refractivity contribution is 0.102. The van der Waals surface area contributed by atoms with Gasteiger partial charge < -0.3 is 10.6 Å². The first-order chi connectivity index (χ1) is 10.1. The van der Waals surface area contributed by atoms with Crippen LogP contribution in [-0.2, 0) is 0 Å². The number of para-hydroxylation sites is 1. The maximum atomic E-state index is 12.4. The van der Waals surface area contributed by atoms with Crippen molar-refractivity contribution in [2.75, 3.05) is 16.9 Å². The number of amides is 1. The summed E-state index contributed by atoms with van der Waals surface area (Å²) >= 11 is 1.68. The second-order valence-corrected chi connectivity index (χ2v) is 5.91. The summed E-state index contributed by atoms with van der Waals surface area (Å²) < 4.78 is 0. The summed E-state index contributed by atoms with van der Waals surface area (Å²) in [7, 11) is 0. The molecular weight excluding hydrogens is 280 g/mol. The van der Waals surface area contributed by atoms with Gasteiger partial charge in [0, 0.05) is 22.3 Å². The molecule has 0 aliphatic rings. The Labute approximate surface area is 130 Å². The van der Waals surface area contributed by atoms with Gasteiger partial charge in [0.25, 0.3) is 5.91 Å². The fourth-order valence-corrected chi connectivity index (χ4v) is 2.40. The van der Waals surface area contributed by atoms with E-state index in [1.165, 1.54) is 4.90 Å². The molecule has 2 aromatic carbocycles. The second-order valence-electron chi connectivity index (χ2n) is 5.03. The molecule has 0 aromatic heterocycles. The van der Waals surface area contributed by atoms with Crippen LogP contribution in [0.2, 0.25) is 0 Å². The number of nitrogens with one attached hydrogen (secondary N) is 2. The van der Waals surface area contributed by atoms with E-state index in [1.807, 2.05) is 54.8 Å². The van der Waals surface area contributed by atoms with Crippen LogP contribution >= 0.6 is 11.8 Å². The van der Waals surface area contributed by atoms with Gasteiger partial charge in [-0.15, -0.1) is 11.8 Å². The summed E-state index contributed by atoms with van der Waals surface area (Å²) in [5.41, 5.74) is 2.31. The Morgan fingerprint density at radius 2 is 1.71 bits per heavy atom. The van der Waals surface area contributed by atoms with E-state index in [9.17, 15) is 4.79 Å². The third kappa shape index (κ3) is 4.26.